The number of carbonyl (C=O) groups excluding carboxylic acids is 1. The van der Waals surface area contributed by atoms with E-state index in [1.165, 1.54) is 28.5 Å². The van der Waals surface area contributed by atoms with E-state index in [2.05, 4.69) is 58.9 Å². The number of hydrogen-bond donors (Lipinski definition) is 2. The molecule has 1 heterocycles. The Bertz CT molecular complexity index is 1300. The van der Waals surface area contributed by atoms with Crippen molar-refractivity contribution in [2.75, 3.05) is 16.4 Å². The van der Waals surface area contributed by atoms with E-state index in [0.717, 1.165) is 28.5 Å². The maximum Gasteiger partial charge on any atom is 0.234 e. The van der Waals surface area contributed by atoms with Gasteiger partial charge in [-0.1, -0.05) is 65.4 Å². The molecule has 0 bridgehead atoms. The average molecular weight is 472 g/mol. The molecule has 6 nitrogen and oxygen atoms in total. The lowest BCUT2D eigenvalue weighted by molar-refractivity contribution is -0.113. The number of hydrogen-bond acceptors (Lipinski definition) is 5. The predicted octanol–water partition coefficient (Wildman–Crippen LogP) is 5.84. The summed E-state index contributed by atoms with van der Waals surface area (Å²) in [7, 11) is 0. The summed E-state index contributed by atoms with van der Waals surface area (Å²) >= 11 is 1.38. The minimum atomic E-state index is -0.0745. The third-order valence-corrected chi connectivity index (χ3v) is 6.45. The second-order valence-electron chi connectivity index (χ2n) is 8.40. The molecule has 0 fully saturated rings. The van der Waals surface area contributed by atoms with E-state index in [9.17, 15) is 4.79 Å². The van der Waals surface area contributed by atoms with Gasteiger partial charge >= 0.3 is 0 Å². The van der Waals surface area contributed by atoms with E-state index in [4.69, 9.17) is 0 Å². The Morgan fingerprint density at radius 2 is 1.50 bits per heavy atom. The van der Waals surface area contributed by atoms with Gasteiger partial charge in [-0.15, -0.1) is 10.2 Å². The molecule has 0 aliphatic carbocycles. The summed E-state index contributed by atoms with van der Waals surface area (Å²) in [6, 6.07) is 22.3. The molecule has 0 saturated carbocycles. The van der Waals surface area contributed by atoms with Crippen molar-refractivity contribution in [3.8, 4) is 5.69 Å². The molecule has 34 heavy (non-hydrogen) atoms. The third kappa shape index (κ3) is 5.66. The highest BCUT2D eigenvalue weighted by molar-refractivity contribution is 7.99. The summed E-state index contributed by atoms with van der Waals surface area (Å²) in [5, 5.41) is 16.0. The van der Waals surface area contributed by atoms with Crippen LogP contribution in [0.4, 0.5) is 11.4 Å². The molecule has 1 aromatic heterocycles. The van der Waals surface area contributed by atoms with Crippen molar-refractivity contribution >= 4 is 29.0 Å². The molecular formula is C27H29N5OS. The minimum Gasteiger partial charge on any atom is -0.378 e. The monoisotopic (exact) mass is 471 g/mol. The van der Waals surface area contributed by atoms with Crippen LogP contribution >= 0.6 is 11.8 Å². The van der Waals surface area contributed by atoms with Crippen LogP contribution in [-0.2, 0) is 11.3 Å². The largest absolute Gasteiger partial charge is 0.378 e. The highest BCUT2D eigenvalue weighted by atomic mass is 32.2. The van der Waals surface area contributed by atoms with E-state index in [0.29, 0.717) is 11.7 Å². The highest BCUT2D eigenvalue weighted by Gasteiger charge is 2.16. The van der Waals surface area contributed by atoms with Crippen LogP contribution in [0, 0.1) is 27.7 Å². The number of aromatic nitrogens is 3. The standard InChI is InChI=1S/C27H29N5OS/c1-18-10-12-23(20(3)14-18)28-16-25-30-31-27(32(25)22-8-6-5-7-9-22)34-17-26(33)29-24-13-11-19(2)15-21(24)4/h5-15,28H,16-17H2,1-4H3,(H,29,33). The Labute approximate surface area is 204 Å². The summed E-state index contributed by atoms with van der Waals surface area (Å²) in [5.41, 5.74) is 7.49. The number of benzene rings is 3. The zero-order valence-electron chi connectivity index (χ0n) is 19.9. The normalized spacial score (nSPS) is 10.8. The first-order chi connectivity index (χ1) is 16.4. The first-order valence-electron chi connectivity index (χ1n) is 11.2. The molecule has 0 unspecified atom stereocenters. The van der Waals surface area contributed by atoms with Crippen molar-refractivity contribution in [3.63, 3.8) is 0 Å². The second kappa shape index (κ2) is 10.6. The quantitative estimate of drug-likeness (QED) is 0.316. The van der Waals surface area contributed by atoms with Gasteiger partial charge in [0.1, 0.15) is 0 Å². The van der Waals surface area contributed by atoms with Gasteiger partial charge in [0, 0.05) is 17.1 Å². The Morgan fingerprint density at radius 1 is 0.853 bits per heavy atom. The zero-order chi connectivity index (χ0) is 24.1. The SMILES string of the molecule is Cc1ccc(NCc2nnc(SCC(=O)Nc3ccc(C)cc3C)n2-c2ccccc2)c(C)c1. The van der Waals surface area contributed by atoms with Crippen LogP contribution in [0.15, 0.2) is 71.9 Å². The average Bonchev–Trinajstić information content (AvgIpc) is 3.22. The molecule has 0 aliphatic heterocycles. The Kier molecular flexibility index (Phi) is 7.33. The fraction of sp³-hybridized carbons (Fsp3) is 0.222. The lowest BCUT2D eigenvalue weighted by Crippen LogP contribution is -2.15. The summed E-state index contributed by atoms with van der Waals surface area (Å²) in [5.74, 6) is 0.945. The van der Waals surface area contributed by atoms with Crippen LogP contribution in [0.1, 0.15) is 28.1 Å². The van der Waals surface area contributed by atoms with Crippen molar-refractivity contribution in [1.82, 2.24) is 14.8 Å². The van der Waals surface area contributed by atoms with E-state index >= 15 is 0 Å². The van der Waals surface area contributed by atoms with Crippen molar-refractivity contribution in [3.05, 3.63) is 94.8 Å². The Balaban J connectivity index is 1.50. The predicted molar refractivity (Wildman–Crippen MR) is 140 cm³/mol. The van der Waals surface area contributed by atoms with Gasteiger partial charge in [0.25, 0.3) is 0 Å². The number of nitrogens with one attached hydrogen (secondary N) is 2. The molecule has 0 saturated heterocycles. The van der Waals surface area contributed by atoms with Crippen LogP contribution in [0.3, 0.4) is 0 Å². The van der Waals surface area contributed by atoms with Gasteiger partial charge in [-0.05, 0) is 63.1 Å². The van der Waals surface area contributed by atoms with Gasteiger partial charge in [-0.2, -0.15) is 0 Å². The first-order valence-corrected chi connectivity index (χ1v) is 12.2. The summed E-state index contributed by atoms with van der Waals surface area (Å²) in [4.78, 5) is 12.7. The number of anilines is 2. The fourth-order valence-corrected chi connectivity index (χ4v) is 4.57. The molecule has 3 aromatic carbocycles. The zero-order valence-corrected chi connectivity index (χ0v) is 20.7. The maximum absolute atomic E-state index is 12.7. The van der Waals surface area contributed by atoms with E-state index in [-0.39, 0.29) is 11.7 Å². The van der Waals surface area contributed by atoms with Crippen molar-refractivity contribution in [2.24, 2.45) is 0 Å². The van der Waals surface area contributed by atoms with Gasteiger partial charge in [0.15, 0.2) is 11.0 Å². The molecule has 174 valence electrons. The second-order valence-corrected chi connectivity index (χ2v) is 9.34. The molecule has 4 rings (SSSR count). The van der Waals surface area contributed by atoms with E-state index in [1.807, 2.05) is 60.9 Å². The van der Waals surface area contributed by atoms with Crippen molar-refractivity contribution in [1.29, 1.82) is 0 Å². The molecule has 7 heteroatoms. The Hall–Kier alpha value is -3.58. The summed E-state index contributed by atoms with van der Waals surface area (Å²) in [6.07, 6.45) is 0. The molecule has 0 aliphatic rings. The van der Waals surface area contributed by atoms with Crippen LogP contribution in [0.25, 0.3) is 5.69 Å². The highest BCUT2D eigenvalue weighted by Crippen LogP contribution is 2.24. The number of rotatable bonds is 8. The van der Waals surface area contributed by atoms with Gasteiger partial charge in [-0.25, -0.2) is 0 Å². The molecule has 0 spiro atoms. The molecular weight excluding hydrogens is 442 g/mol. The van der Waals surface area contributed by atoms with Gasteiger partial charge in [-0.3, -0.25) is 9.36 Å². The van der Waals surface area contributed by atoms with Crippen LogP contribution in [0.5, 0.6) is 0 Å². The Morgan fingerprint density at radius 3 is 2.15 bits per heavy atom. The van der Waals surface area contributed by atoms with Crippen molar-refractivity contribution in [2.45, 2.75) is 39.4 Å². The summed E-state index contributed by atoms with van der Waals surface area (Å²) < 4.78 is 2.01. The number of para-hydroxylation sites is 1. The van der Waals surface area contributed by atoms with E-state index < -0.39 is 0 Å². The third-order valence-electron chi connectivity index (χ3n) is 5.52. The molecule has 4 aromatic rings. The number of thioether (sulfide) groups is 1. The van der Waals surface area contributed by atoms with Gasteiger partial charge < -0.3 is 10.6 Å². The van der Waals surface area contributed by atoms with E-state index in [1.54, 1.807) is 0 Å². The van der Waals surface area contributed by atoms with Crippen molar-refractivity contribution < 1.29 is 4.79 Å². The number of carbonyl (C=O) groups is 1. The van der Waals surface area contributed by atoms with Gasteiger partial charge in [0.05, 0.1) is 12.3 Å². The lowest BCUT2D eigenvalue weighted by Gasteiger charge is -2.13. The smallest absolute Gasteiger partial charge is 0.234 e. The van der Waals surface area contributed by atoms with Crippen LogP contribution < -0.4 is 10.6 Å². The molecule has 0 atom stereocenters. The fourth-order valence-electron chi connectivity index (χ4n) is 3.80. The van der Waals surface area contributed by atoms with Gasteiger partial charge in [0.2, 0.25) is 5.91 Å². The molecule has 0 radical (unpaired) electrons. The maximum atomic E-state index is 12.7. The summed E-state index contributed by atoms with van der Waals surface area (Å²) in [6.45, 7) is 8.73. The molecule has 1 amide bonds. The first kappa shape index (κ1) is 23.6. The topological polar surface area (TPSA) is 71.8 Å². The number of aryl methyl sites for hydroxylation is 4. The minimum absolute atomic E-state index is 0.0745. The lowest BCUT2D eigenvalue weighted by atomic mass is 10.1. The number of nitrogens with zero attached hydrogens (tertiary/aromatic N) is 3. The van der Waals surface area contributed by atoms with Crippen LogP contribution in [-0.4, -0.2) is 26.4 Å². The molecule has 2 N–H and O–H groups in total. The number of amides is 1. The van der Waals surface area contributed by atoms with Crippen LogP contribution in [0.2, 0.25) is 0 Å².